The summed E-state index contributed by atoms with van der Waals surface area (Å²) in [5.74, 6) is 0.734. The third kappa shape index (κ3) is 3.20. The second-order valence-corrected chi connectivity index (χ2v) is 9.24. The Bertz CT molecular complexity index is 1510. The van der Waals surface area contributed by atoms with E-state index in [-0.39, 0.29) is 17.4 Å². The van der Waals surface area contributed by atoms with Gasteiger partial charge in [-0.05, 0) is 38.5 Å². The molecule has 0 aliphatic carbocycles. The summed E-state index contributed by atoms with van der Waals surface area (Å²) >= 11 is 2.64. The van der Waals surface area contributed by atoms with Crippen molar-refractivity contribution in [1.82, 2.24) is 29.5 Å². The van der Waals surface area contributed by atoms with Gasteiger partial charge in [-0.25, -0.2) is 19.9 Å². The molecule has 0 aliphatic heterocycles. The van der Waals surface area contributed by atoms with Gasteiger partial charge in [0.15, 0.2) is 5.16 Å². The largest absolute Gasteiger partial charge is 0.462 e. The Morgan fingerprint density at radius 1 is 1.32 bits per heavy atom. The number of aromatic nitrogens is 6. The summed E-state index contributed by atoms with van der Waals surface area (Å²) in [7, 11) is 0. The number of imidazole rings is 1. The van der Waals surface area contributed by atoms with Crippen LogP contribution in [0.4, 0.5) is 0 Å². The molecule has 2 N–H and O–H groups in total. The molecule has 0 unspecified atom stereocenters. The molecule has 0 saturated heterocycles. The van der Waals surface area contributed by atoms with Crippen LogP contribution in [0.2, 0.25) is 0 Å². The van der Waals surface area contributed by atoms with Crippen LogP contribution in [0.5, 0.6) is 0 Å². The number of hydrogen-bond donors (Lipinski definition) is 2. The van der Waals surface area contributed by atoms with Crippen LogP contribution in [0.15, 0.2) is 34.2 Å². The lowest BCUT2D eigenvalue weighted by molar-refractivity contribution is 0.0531. The minimum Gasteiger partial charge on any atom is -0.462 e. The number of thiophene rings is 1. The number of aryl methyl sites for hydroxylation is 1. The Kier molecular flexibility index (Phi) is 4.78. The fourth-order valence-electron chi connectivity index (χ4n) is 3.48. The van der Waals surface area contributed by atoms with Gasteiger partial charge in [-0.3, -0.25) is 9.20 Å². The van der Waals surface area contributed by atoms with Crippen LogP contribution in [-0.4, -0.2) is 42.1 Å². The Balaban J connectivity index is 1.53. The molecule has 0 fully saturated rings. The molecule has 31 heavy (non-hydrogen) atoms. The van der Waals surface area contributed by atoms with Crippen molar-refractivity contribution in [3.8, 4) is 0 Å². The number of para-hydroxylation sites is 2. The number of hydrogen-bond acceptors (Lipinski definition) is 8. The van der Waals surface area contributed by atoms with Crippen molar-refractivity contribution in [2.45, 2.75) is 31.2 Å². The molecule has 9 nitrogen and oxygen atoms in total. The summed E-state index contributed by atoms with van der Waals surface area (Å²) < 4.78 is 7.05. The van der Waals surface area contributed by atoms with Gasteiger partial charge in [0.2, 0.25) is 5.78 Å². The van der Waals surface area contributed by atoms with E-state index in [4.69, 9.17) is 4.74 Å². The van der Waals surface area contributed by atoms with Crippen LogP contribution in [0.25, 0.3) is 27.0 Å². The molecule has 0 spiro atoms. The molecule has 158 valence electrons. The van der Waals surface area contributed by atoms with Gasteiger partial charge in [0.25, 0.3) is 5.56 Å². The number of fused-ring (bicyclic) bond motifs is 4. The number of esters is 1. The molecule has 0 amide bonds. The summed E-state index contributed by atoms with van der Waals surface area (Å²) in [4.78, 5) is 38.0. The van der Waals surface area contributed by atoms with Crippen molar-refractivity contribution in [2.24, 2.45) is 0 Å². The van der Waals surface area contributed by atoms with Crippen molar-refractivity contribution >= 4 is 56.1 Å². The highest BCUT2D eigenvalue weighted by Gasteiger charge is 2.23. The Morgan fingerprint density at radius 3 is 2.94 bits per heavy atom. The van der Waals surface area contributed by atoms with Gasteiger partial charge in [-0.1, -0.05) is 23.9 Å². The van der Waals surface area contributed by atoms with E-state index in [0.717, 1.165) is 11.0 Å². The lowest BCUT2D eigenvalue weighted by Gasteiger charge is -2.09. The van der Waals surface area contributed by atoms with Crippen molar-refractivity contribution in [3.63, 3.8) is 0 Å². The Hall–Kier alpha value is -3.18. The quantitative estimate of drug-likeness (QED) is 0.306. The first-order valence-corrected chi connectivity index (χ1v) is 11.4. The van der Waals surface area contributed by atoms with Crippen LogP contribution in [0.3, 0.4) is 0 Å². The normalized spacial score (nSPS) is 12.7. The molecule has 1 aromatic carbocycles. The van der Waals surface area contributed by atoms with E-state index in [1.807, 2.05) is 35.6 Å². The van der Waals surface area contributed by atoms with Crippen LogP contribution < -0.4 is 5.56 Å². The molecule has 5 rings (SSSR count). The molecular weight excluding hydrogens is 436 g/mol. The van der Waals surface area contributed by atoms with Gasteiger partial charge in [-0.15, -0.1) is 16.4 Å². The van der Waals surface area contributed by atoms with Crippen LogP contribution >= 0.6 is 23.1 Å². The third-order valence-electron chi connectivity index (χ3n) is 4.95. The number of aromatic amines is 2. The van der Waals surface area contributed by atoms with E-state index >= 15 is 0 Å². The van der Waals surface area contributed by atoms with Gasteiger partial charge in [-0.2, -0.15) is 0 Å². The minimum atomic E-state index is -0.433. The molecule has 5 aromatic rings. The fourth-order valence-corrected chi connectivity index (χ4v) is 5.49. The van der Waals surface area contributed by atoms with E-state index in [0.29, 0.717) is 37.4 Å². The van der Waals surface area contributed by atoms with E-state index in [1.165, 1.54) is 23.1 Å². The first-order valence-electron chi connectivity index (χ1n) is 9.66. The van der Waals surface area contributed by atoms with E-state index in [2.05, 4.69) is 25.1 Å². The average Bonchev–Trinajstić information content (AvgIpc) is 3.41. The molecule has 1 atom stereocenters. The lowest BCUT2D eigenvalue weighted by Crippen LogP contribution is -2.13. The maximum absolute atomic E-state index is 12.8. The monoisotopic (exact) mass is 454 g/mol. The summed E-state index contributed by atoms with van der Waals surface area (Å²) in [5, 5.41) is 8.28. The van der Waals surface area contributed by atoms with Gasteiger partial charge >= 0.3 is 5.97 Å². The average molecular weight is 455 g/mol. The highest BCUT2D eigenvalue weighted by Crippen LogP contribution is 2.35. The topological polar surface area (TPSA) is 118 Å². The molecule has 11 heteroatoms. The molecule has 4 aromatic heterocycles. The van der Waals surface area contributed by atoms with Gasteiger partial charge in [0.1, 0.15) is 15.5 Å². The molecule has 4 heterocycles. The molecular formula is C20H18N6O3S2. The van der Waals surface area contributed by atoms with Crippen molar-refractivity contribution in [1.29, 1.82) is 0 Å². The molecule has 0 radical (unpaired) electrons. The summed E-state index contributed by atoms with van der Waals surface area (Å²) in [6.07, 6.45) is 0. The van der Waals surface area contributed by atoms with E-state index < -0.39 is 5.97 Å². The SMILES string of the molecule is CCOC(=O)c1sc2nc([C@H](C)Sc3n[nH]c4nc5ccccc5n34)[nH]c(=O)c2c1C. The van der Waals surface area contributed by atoms with Crippen molar-refractivity contribution < 1.29 is 9.53 Å². The summed E-state index contributed by atoms with van der Waals surface area (Å²) in [6.45, 7) is 5.71. The third-order valence-corrected chi connectivity index (χ3v) is 7.18. The zero-order valence-electron chi connectivity index (χ0n) is 16.9. The van der Waals surface area contributed by atoms with Gasteiger partial charge in [0.05, 0.1) is 28.3 Å². The van der Waals surface area contributed by atoms with Crippen LogP contribution in [-0.2, 0) is 4.74 Å². The lowest BCUT2D eigenvalue weighted by atomic mass is 10.2. The number of rotatable bonds is 5. The second kappa shape index (κ2) is 7.50. The van der Waals surface area contributed by atoms with Crippen LogP contribution in [0.1, 0.15) is 40.2 Å². The zero-order chi connectivity index (χ0) is 21.7. The molecule has 0 bridgehead atoms. The fraction of sp³-hybridized carbons (Fsp3) is 0.250. The predicted octanol–water partition coefficient (Wildman–Crippen LogP) is 3.85. The number of benzene rings is 1. The number of carbonyl (C=O) groups excluding carboxylic acids is 1. The Morgan fingerprint density at radius 2 is 2.13 bits per heavy atom. The molecule has 0 saturated carbocycles. The maximum atomic E-state index is 12.8. The zero-order valence-corrected chi connectivity index (χ0v) is 18.6. The highest BCUT2D eigenvalue weighted by molar-refractivity contribution is 7.99. The van der Waals surface area contributed by atoms with Crippen molar-refractivity contribution in [2.75, 3.05) is 6.61 Å². The van der Waals surface area contributed by atoms with E-state index in [1.54, 1.807) is 13.8 Å². The standard InChI is InChI=1S/C20H18N6O3S2/c1-4-29-18(28)14-9(2)13-16(27)22-15(23-17(13)31-14)10(3)30-20-25-24-19-21-11-7-5-6-8-12(11)26(19)20/h5-8,10H,4H2,1-3H3,(H,21,24)(H,22,23,27)/t10-/m0/s1. The van der Waals surface area contributed by atoms with Gasteiger partial charge in [0, 0.05) is 0 Å². The number of thioether (sulfide) groups is 1. The van der Waals surface area contributed by atoms with Crippen molar-refractivity contribution in [3.05, 3.63) is 50.9 Å². The first kappa shape index (κ1) is 19.8. The number of nitrogens with zero attached hydrogens (tertiary/aromatic N) is 4. The number of carbonyl (C=O) groups is 1. The summed E-state index contributed by atoms with van der Waals surface area (Å²) in [5.41, 5.74) is 2.15. The first-order chi connectivity index (χ1) is 15.0. The maximum Gasteiger partial charge on any atom is 0.348 e. The predicted molar refractivity (Wildman–Crippen MR) is 120 cm³/mol. The second-order valence-electron chi connectivity index (χ2n) is 6.93. The van der Waals surface area contributed by atoms with Crippen LogP contribution in [0, 0.1) is 6.92 Å². The Labute approximate surface area is 183 Å². The number of nitrogens with one attached hydrogen (secondary N) is 2. The van der Waals surface area contributed by atoms with E-state index in [9.17, 15) is 9.59 Å². The number of ether oxygens (including phenoxy) is 1. The number of H-pyrrole nitrogens is 2. The minimum absolute atomic E-state index is 0.196. The molecule has 0 aliphatic rings. The highest BCUT2D eigenvalue weighted by atomic mass is 32.2. The smallest absolute Gasteiger partial charge is 0.348 e. The van der Waals surface area contributed by atoms with Gasteiger partial charge < -0.3 is 9.72 Å². The summed E-state index contributed by atoms with van der Waals surface area (Å²) in [6, 6.07) is 7.82.